The molecule has 1 aromatic heterocycles. The number of hydrogen-bond donors (Lipinski definition) is 7. The summed E-state index contributed by atoms with van der Waals surface area (Å²) < 4.78 is 0. The summed E-state index contributed by atoms with van der Waals surface area (Å²) in [7, 11) is 0. The van der Waals surface area contributed by atoms with E-state index in [1.807, 2.05) is 24.3 Å². The summed E-state index contributed by atoms with van der Waals surface area (Å²) in [5, 5.41) is 27.0. The molecule has 9 N–H and O–H groups in total. The molecule has 12 nitrogen and oxygen atoms in total. The summed E-state index contributed by atoms with van der Waals surface area (Å²) in [4.78, 5) is 57.7. The second kappa shape index (κ2) is 12.4. The summed E-state index contributed by atoms with van der Waals surface area (Å²) >= 11 is 0. The van der Waals surface area contributed by atoms with Crippen LogP contribution in [0.25, 0.3) is 10.9 Å². The molecule has 42 heavy (non-hydrogen) atoms. The lowest BCUT2D eigenvalue weighted by Gasteiger charge is -2.35. The zero-order valence-electron chi connectivity index (χ0n) is 24.7. The lowest BCUT2D eigenvalue weighted by molar-refractivity contribution is -0.144. The first-order valence-electron chi connectivity index (χ1n) is 14.6. The van der Waals surface area contributed by atoms with E-state index in [9.17, 15) is 29.4 Å². The zero-order valence-corrected chi connectivity index (χ0v) is 24.7. The van der Waals surface area contributed by atoms with Crippen molar-refractivity contribution in [3.05, 3.63) is 36.0 Å². The molecule has 2 heterocycles. The van der Waals surface area contributed by atoms with Crippen LogP contribution < -0.4 is 22.1 Å². The maximum Gasteiger partial charge on any atom is 0.243 e. The Labute approximate surface area is 245 Å². The topological polar surface area (TPSA) is 204 Å². The first-order valence-corrected chi connectivity index (χ1v) is 14.6. The Balaban J connectivity index is 1.62. The number of aliphatic hydroxyl groups is 2. The zero-order chi connectivity index (χ0) is 30.9. The number of amides is 4. The van der Waals surface area contributed by atoms with E-state index in [1.165, 1.54) is 11.8 Å². The summed E-state index contributed by atoms with van der Waals surface area (Å²) in [5.74, 6) is -2.63. The first-order chi connectivity index (χ1) is 19.7. The molecule has 2 unspecified atom stereocenters. The fraction of sp³-hybridized carbons (Fsp3) is 0.600. The number of fused-ring (bicyclic) bond motifs is 2. The van der Waals surface area contributed by atoms with Crippen LogP contribution in [0, 0.1) is 17.3 Å². The number of benzene rings is 1. The van der Waals surface area contributed by atoms with Gasteiger partial charge in [0, 0.05) is 30.1 Å². The van der Waals surface area contributed by atoms with Gasteiger partial charge in [0.05, 0.1) is 12.2 Å². The van der Waals surface area contributed by atoms with Gasteiger partial charge in [-0.3, -0.25) is 19.2 Å². The summed E-state index contributed by atoms with van der Waals surface area (Å²) in [6.45, 7) is 7.04. The van der Waals surface area contributed by atoms with Gasteiger partial charge in [-0.25, -0.2) is 0 Å². The van der Waals surface area contributed by atoms with E-state index in [1.54, 1.807) is 27.0 Å². The molecular weight excluding hydrogens is 540 g/mol. The SMILES string of the molecule is C[C@@H](O)[C@H](NC(=O)[C@H](Cc1c[nH]c2ccccc12)NC(=O)[C@@H]1C2CCCC2CN1C(=O)[C@@H](N)[C@@H](O)C(C)(C)C)C(N)=O. The Morgan fingerprint density at radius 3 is 2.45 bits per heavy atom. The van der Waals surface area contributed by atoms with Gasteiger partial charge < -0.3 is 42.2 Å². The van der Waals surface area contributed by atoms with Crippen LogP contribution in [-0.2, 0) is 25.6 Å². The fourth-order valence-electron chi connectivity index (χ4n) is 6.40. The number of carbonyl (C=O) groups is 4. The normalized spacial score (nSPS) is 24.0. The molecule has 1 saturated carbocycles. The summed E-state index contributed by atoms with van der Waals surface area (Å²) in [5.41, 5.74) is 12.6. The average Bonchev–Trinajstić information content (AvgIpc) is 3.63. The minimum Gasteiger partial charge on any atom is -0.391 e. The highest BCUT2D eigenvalue weighted by molar-refractivity contribution is 5.96. The van der Waals surface area contributed by atoms with Crippen molar-refractivity contribution in [2.24, 2.45) is 28.7 Å². The monoisotopic (exact) mass is 584 g/mol. The van der Waals surface area contributed by atoms with E-state index in [-0.39, 0.29) is 18.3 Å². The third-order valence-corrected chi connectivity index (χ3v) is 8.77. The maximum atomic E-state index is 14.0. The van der Waals surface area contributed by atoms with E-state index >= 15 is 0 Å². The van der Waals surface area contributed by atoms with Crippen molar-refractivity contribution in [2.45, 2.75) is 89.8 Å². The number of H-pyrrole nitrogens is 1. The third-order valence-electron chi connectivity index (χ3n) is 8.77. The van der Waals surface area contributed by atoms with Crippen LogP contribution in [0.2, 0.25) is 0 Å². The van der Waals surface area contributed by atoms with Crippen LogP contribution in [-0.4, -0.2) is 86.6 Å². The molecule has 2 aliphatic rings. The molecule has 4 rings (SSSR count). The number of nitrogens with zero attached hydrogens (tertiary/aromatic N) is 1. The summed E-state index contributed by atoms with van der Waals surface area (Å²) in [6, 6.07) is 2.92. The number of aromatic nitrogens is 1. The highest BCUT2D eigenvalue weighted by Gasteiger charge is 2.51. The molecular formula is C30H44N6O6. The minimum atomic E-state index is -1.36. The highest BCUT2D eigenvalue weighted by atomic mass is 16.3. The van der Waals surface area contributed by atoms with Gasteiger partial charge in [0.25, 0.3) is 0 Å². The number of likely N-dealkylation sites (tertiary alicyclic amines) is 1. The van der Waals surface area contributed by atoms with Gasteiger partial charge in [-0.15, -0.1) is 0 Å². The second-order valence-electron chi connectivity index (χ2n) is 12.9. The largest absolute Gasteiger partial charge is 0.391 e. The van der Waals surface area contributed by atoms with Gasteiger partial charge in [0.15, 0.2) is 0 Å². The number of hydrogen-bond acceptors (Lipinski definition) is 7. The molecule has 12 heteroatoms. The van der Waals surface area contributed by atoms with Crippen LogP contribution in [0.5, 0.6) is 0 Å². The molecule has 8 atom stereocenters. The van der Waals surface area contributed by atoms with E-state index in [0.717, 1.165) is 35.7 Å². The lowest BCUT2D eigenvalue weighted by atomic mass is 9.84. The van der Waals surface area contributed by atoms with Crippen LogP contribution in [0.15, 0.2) is 30.5 Å². The Kier molecular flexibility index (Phi) is 9.29. The minimum absolute atomic E-state index is 0.0733. The van der Waals surface area contributed by atoms with Gasteiger partial charge >= 0.3 is 0 Å². The smallest absolute Gasteiger partial charge is 0.243 e. The van der Waals surface area contributed by atoms with Crippen LogP contribution in [0.3, 0.4) is 0 Å². The van der Waals surface area contributed by atoms with Crippen LogP contribution in [0.1, 0.15) is 52.5 Å². The third kappa shape index (κ3) is 6.45. The molecule has 2 fully saturated rings. The first kappa shape index (κ1) is 31.5. The molecule has 1 aliphatic carbocycles. The molecule has 1 aromatic carbocycles. The molecule has 1 saturated heterocycles. The van der Waals surface area contributed by atoms with Gasteiger partial charge in [0.1, 0.15) is 24.2 Å². The molecule has 0 bridgehead atoms. The van der Waals surface area contributed by atoms with E-state index in [0.29, 0.717) is 6.54 Å². The highest BCUT2D eigenvalue weighted by Crippen LogP contribution is 2.43. The molecule has 0 radical (unpaired) electrons. The van der Waals surface area contributed by atoms with Crippen molar-refractivity contribution in [2.75, 3.05) is 6.54 Å². The molecule has 230 valence electrons. The predicted molar refractivity (Wildman–Crippen MR) is 157 cm³/mol. The number of para-hydroxylation sites is 1. The maximum absolute atomic E-state index is 14.0. The fourth-order valence-corrected chi connectivity index (χ4v) is 6.40. The number of aromatic amines is 1. The Hall–Kier alpha value is -3.48. The number of nitrogens with two attached hydrogens (primary N) is 2. The number of nitrogens with one attached hydrogen (secondary N) is 3. The van der Waals surface area contributed by atoms with E-state index < -0.39 is 65.4 Å². The number of rotatable bonds is 10. The van der Waals surface area contributed by atoms with Gasteiger partial charge in [0.2, 0.25) is 23.6 Å². The van der Waals surface area contributed by atoms with Crippen molar-refractivity contribution in [3.8, 4) is 0 Å². The molecule has 1 aliphatic heterocycles. The Bertz CT molecular complexity index is 1320. The van der Waals surface area contributed by atoms with Crippen molar-refractivity contribution < 1.29 is 29.4 Å². The van der Waals surface area contributed by atoms with E-state index in [4.69, 9.17) is 11.5 Å². The second-order valence-corrected chi connectivity index (χ2v) is 12.9. The number of aliphatic hydroxyl groups excluding tert-OH is 2. The molecule has 4 amide bonds. The van der Waals surface area contributed by atoms with Gasteiger partial charge in [-0.05, 0) is 48.6 Å². The van der Waals surface area contributed by atoms with Crippen molar-refractivity contribution in [1.29, 1.82) is 0 Å². The van der Waals surface area contributed by atoms with Crippen LogP contribution >= 0.6 is 0 Å². The van der Waals surface area contributed by atoms with Gasteiger partial charge in [-0.2, -0.15) is 0 Å². The van der Waals surface area contributed by atoms with Crippen molar-refractivity contribution in [1.82, 2.24) is 20.5 Å². The van der Waals surface area contributed by atoms with E-state index in [2.05, 4.69) is 15.6 Å². The Morgan fingerprint density at radius 2 is 1.81 bits per heavy atom. The van der Waals surface area contributed by atoms with Gasteiger partial charge in [-0.1, -0.05) is 45.4 Å². The predicted octanol–water partition coefficient (Wildman–Crippen LogP) is -0.0925. The molecule has 0 spiro atoms. The lowest BCUT2D eigenvalue weighted by Crippen LogP contribution is -2.61. The number of primary amides is 1. The van der Waals surface area contributed by atoms with Crippen molar-refractivity contribution in [3.63, 3.8) is 0 Å². The number of carbonyl (C=O) groups excluding carboxylic acids is 4. The van der Waals surface area contributed by atoms with Crippen LogP contribution in [0.4, 0.5) is 0 Å². The average molecular weight is 585 g/mol. The summed E-state index contributed by atoms with van der Waals surface area (Å²) in [6.07, 6.45) is 1.98. The molecule has 2 aromatic rings. The standard InChI is InChI=1S/C30H44N6O6/c1-15(37)23(26(32)39)35-27(40)21(12-17-13-33-20-11-6-5-9-18(17)20)34-28(41)24-19-10-7-8-16(19)14-36(24)29(42)22(31)25(38)30(2,3)4/h5-6,9,11,13,15-16,19,21-25,33,37-38H,7-8,10,12,14,31H2,1-4H3,(H2,32,39)(H,34,41)(H,35,40)/t15-,16?,19?,21+,22+,23+,24+,25-/m1/s1. The Morgan fingerprint density at radius 1 is 1.12 bits per heavy atom. The quantitative estimate of drug-likeness (QED) is 0.202. The van der Waals surface area contributed by atoms with Crippen molar-refractivity contribution >= 4 is 34.5 Å².